The molecular weight excluding hydrogens is 272 g/mol. The summed E-state index contributed by atoms with van der Waals surface area (Å²) in [6.45, 7) is 3.95. The van der Waals surface area contributed by atoms with Crippen molar-refractivity contribution in [3.05, 3.63) is 23.9 Å². The second-order valence-electron chi connectivity index (χ2n) is 5.40. The summed E-state index contributed by atoms with van der Waals surface area (Å²) in [5.74, 6) is -0.931. The zero-order valence-electron chi connectivity index (χ0n) is 12.2. The summed E-state index contributed by atoms with van der Waals surface area (Å²) in [5, 5.41) is 11.6. The number of aliphatic carboxylic acids is 1. The number of pyridine rings is 1. The third-order valence-electron chi connectivity index (χ3n) is 3.72. The van der Waals surface area contributed by atoms with E-state index in [0.29, 0.717) is 24.3 Å². The number of amides is 1. The summed E-state index contributed by atoms with van der Waals surface area (Å²) in [5.41, 5.74) is 0.474. The van der Waals surface area contributed by atoms with Gasteiger partial charge in [-0.2, -0.15) is 0 Å². The zero-order valence-corrected chi connectivity index (χ0v) is 12.2. The summed E-state index contributed by atoms with van der Waals surface area (Å²) in [4.78, 5) is 26.9. The van der Waals surface area contributed by atoms with E-state index >= 15 is 0 Å². The molecule has 1 aromatic rings. The minimum absolute atomic E-state index is 0.0405. The van der Waals surface area contributed by atoms with Gasteiger partial charge in [-0.1, -0.05) is 6.92 Å². The fourth-order valence-corrected chi connectivity index (χ4v) is 2.11. The Bertz CT molecular complexity index is 526. The molecule has 6 nitrogen and oxygen atoms in total. The minimum Gasteiger partial charge on any atom is -0.481 e. The van der Waals surface area contributed by atoms with E-state index in [1.165, 1.54) is 6.20 Å². The van der Waals surface area contributed by atoms with Gasteiger partial charge in [-0.25, -0.2) is 4.98 Å². The number of carbonyl (C=O) groups is 2. The molecule has 0 spiro atoms. The highest BCUT2D eigenvalue weighted by Gasteiger charge is 2.35. The van der Waals surface area contributed by atoms with Crippen LogP contribution in [0.1, 0.15) is 43.5 Å². The SMILES string of the molecule is CCC(C)Oc1cc(C(=O)NC2CC(C(=O)O)C2)ccn1. The van der Waals surface area contributed by atoms with Gasteiger partial charge in [0.2, 0.25) is 5.88 Å². The Morgan fingerprint density at radius 1 is 1.52 bits per heavy atom. The van der Waals surface area contributed by atoms with Crippen LogP contribution in [0, 0.1) is 5.92 Å². The molecule has 1 atom stereocenters. The van der Waals surface area contributed by atoms with Gasteiger partial charge in [0.1, 0.15) is 0 Å². The maximum atomic E-state index is 12.1. The topological polar surface area (TPSA) is 88.5 Å². The summed E-state index contributed by atoms with van der Waals surface area (Å²) < 4.78 is 5.58. The van der Waals surface area contributed by atoms with Gasteiger partial charge in [-0.15, -0.1) is 0 Å². The average molecular weight is 292 g/mol. The second kappa shape index (κ2) is 6.56. The summed E-state index contributed by atoms with van der Waals surface area (Å²) in [6.07, 6.45) is 3.41. The first-order valence-electron chi connectivity index (χ1n) is 7.16. The molecule has 6 heteroatoms. The number of nitrogens with zero attached hydrogens (tertiary/aromatic N) is 1. The van der Waals surface area contributed by atoms with Gasteiger partial charge in [0, 0.05) is 23.9 Å². The second-order valence-corrected chi connectivity index (χ2v) is 5.40. The zero-order chi connectivity index (χ0) is 15.4. The van der Waals surface area contributed by atoms with Crippen LogP contribution in [0.2, 0.25) is 0 Å². The van der Waals surface area contributed by atoms with Crippen molar-refractivity contribution in [2.24, 2.45) is 5.92 Å². The Kier molecular flexibility index (Phi) is 4.77. The standard InChI is InChI=1S/C15H20N2O4/c1-3-9(2)21-13-8-10(4-5-16-13)14(18)17-12-6-11(7-12)15(19)20/h4-5,8-9,11-12H,3,6-7H2,1-2H3,(H,17,18)(H,19,20). The largest absolute Gasteiger partial charge is 0.481 e. The molecule has 1 unspecified atom stereocenters. The van der Waals surface area contributed by atoms with Crippen molar-refractivity contribution in [2.45, 2.75) is 45.3 Å². The number of rotatable bonds is 6. The van der Waals surface area contributed by atoms with Gasteiger partial charge >= 0.3 is 5.97 Å². The van der Waals surface area contributed by atoms with Crippen molar-refractivity contribution in [3.63, 3.8) is 0 Å². The van der Waals surface area contributed by atoms with Gasteiger partial charge in [0.25, 0.3) is 5.91 Å². The lowest BCUT2D eigenvalue weighted by atomic mass is 9.80. The maximum Gasteiger partial charge on any atom is 0.306 e. The monoisotopic (exact) mass is 292 g/mol. The molecular formula is C15H20N2O4. The number of ether oxygens (including phenoxy) is 1. The quantitative estimate of drug-likeness (QED) is 0.835. The van der Waals surface area contributed by atoms with E-state index < -0.39 is 5.97 Å². The smallest absolute Gasteiger partial charge is 0.306 e. The molecule has 21 heavy (non-hydrogen) atoms. The first-order chi connectivity index (χ1) is 9.99. The lowest BCUT2D eigenvalue weighted by molar-refractivity contribution is -0.145. The van der Waals surface area contributed by atoms with Gasteiger partial charge in [0.15, 0.2) is 0 Å². The van der Waals surface area contributed by atoms with Crippen molar-refractivity contribution in [2.75, 3.05) is 0 Å². The van der Waals surface area contributed by atoms with E-state index in [-0.39, 0.29) is 24.0 Å². The summed E-state index contributed by atoms with van der Waals surface area (Å²) >= 11 is 0. The van der Waals surface area contributed by atoms with Crippen LogP contribution in [0.25, 0.3) is 0 Å². The Labute approximate surface area is 123 Å². The number of carboxylic acid groups (broad SMARTS) is 1. The van der Waals surface area contributed by atoms with Crippen LogP contribution in [-0.4, -0.2) is 34.1 Å². The minimum atomic E-state index is -0.798. The molecule has 0 radical (unpaired) electrons. The molecule has 1 heterocycles. The lowest BCUT2D eigenvalue weighted by Crippen LogP contribution is -2.46. The first kappa shape index (κ1) is 15.3. The average Bonchev–Trinajstić information content (AvgIpc) is 2.41. The number of nitrogens with one attached hydrogen (secondary N) is 1. The Balaban J connectivity index is 1.91. The molecule has 0 bridgehead atoms. The highest BCUT2D eigenvalue weighted by atomic mass is 16.5. The Morgan fingerprint density at radius 3 is 2.86 bits per heavy atom. The fourth-order valence-electron chi connectivity index (χ4n) is 2.11. The first-order valence-corrected chi connectivity index (χ1v) is 7.16. The number of aromatic nitrogens is 1. The van der Waals surface area contributed by atoms with Crippen LogP contribution >= 0.6 is 0 Å². The molecule has 1 amide bonds. The molecule has 1 aliphatic carbocycles. The van der Waals surface area contributed by atoms with Crippen LogP contribution in [-0.2, 0) is 4.79 Å². The molecule has 2 N–H and O–H groups in total. The van der Waals surface area contributed by atoms with E-state index in [1.807, 2.05) is 13.8 Å². The number of carboxylic acids is 1. The molecule has 1 saturated carbocycles. The fraction of sp³-hybridized carbons (Fsp3) is 0.533. The van der Waals surface area contributed by atoms with Crippen molar-refractivity contribution >= 4 is 11.9 Å². The van der Waals surface area contributed by atoms with E-state index in [2.05, 4.69) is 10.3 Å². The Hall–Kier alpha value is -2.11. The van der Waals surface area contributed by atoms with Crippen LogP contribution in [0.5, 0.6) is 5.88 Å². The molecule has 0 saturated heterocycles. The van der Waals surface area contributed by atoms with Gasteiger partial charge in [-0.3, -0.25) is 9.59 Å². The van der Waals surface area contributed by atoms with Crippen molar-refractivity contribution in [3.8, 4) is 5.88 Å². The summed E-state index contributed by atoms with van der Waals surface area (Å²) in [6, 6.07) is 3.16. The van der Waals surface area contributed by atoms with Crippen molar-refractivity contribution in [1.82, 2.24) is 10.3 Å². The highest BCUT2D eigenvalue weighted by Crippen LogP contribution is 2.27. The predicted molar refractivity (Wildman–Crippen MR) is 76.2 cm³/mol. The molecule has 1 fully saturated rings. The van der Waals surface area contributed by atoms with E-state index in [1.54, 1.807) is 12.1 Å². The maximum absolute atomic E-state index is 12.1. The normalized spacial score (nSPS) is 22.0. The number of hydrogen-bond acceptors (Lipinski definition) is 4. The van der Waals surface area contributed by atoms with Crippen molar-refractivity contribution in [1.29, 1.82) is 0 Å². The van der Waals surface area contributed by atoms with Crippen LogP contribution in [0.3, 0.4) is 0 Å². The molecule has 114 valence electrons. The Morgan fingerprint density at radius 2 is 2.24 bits per heavy atom. The van der Waals surface area contributed by atoms with Crippen LogP contribution < -0.4 is 10.1 Å². The highest BCUT2D eigenvalue weighted by molar-refractivity contribution is 5.94. The van der Waals surface area contributed by atoms with Crippen molar-refractivity contribution < 1.29 is 19.4 Å². The molecule has 1 aliphatic rings. The third-order valence-corrected chi connectivity index (χ3v) is 3.72. The number of carbonyl (C=O) groups excluding carboxylic acids is 1. The number of hydrogen-bond donors (Lipinski definition) is 2. The van der Waals surface area contributed by atoms with Gasteiger partial charge in [0.05, 0.1) is 12.0 Å². The van der Waals surface area contributed by atoms with Crippen LogP contribution in [0.4, 0.5) is 0 Å². The van der Waals surface area contributed by atoms with E-state index in [9.17, 15) is 9.59 Å². The van der Waals surface area contributed by atoms with Gasteiger partial charge < -0.3 is 15.2 Å². The van der Waals surface area contributed by atoms with Crippen LogP contribution in [0.15, 0.2) is 18.3 Å². The van der Waals surface area contributed by atoms with E-state index in [0.717, 1.165) is 6.42 Å². The predicted octanol–water partition coefficient (Wildman–Crippen LogP) is 1.85. The molecule has 0 aliphatic heterocycles. The molecule has 0 aromatic carbocycles. The summed E-state index contributed by atoms with van der Waals surface area (Å²) in [7, 11) is 0. The molecule has 1 aromatic heterocycles. The molecule has 2 rings (SSSR count). The van der Waals surface area contributed by atoms with Gasteiger partial charge in [-0.05, 0) is 32.3 Å². The van der Waals surface area contributed by atoms with E-state index in [4.69, 9.17) is 9.84 Å². The third kappa shape index (κ3) is 3.93. The lowest BCUT2D eigenvalue weighted by Gasteiger charge is -2.32.